The summed E-state index contributed by atoms with van der Waals surface area (Å²) < 4.78 is 76.3. The standard InChI is InChI=1S/C20H16F4N2O3S/c1-30(28,29)18-8-7-14(10-17(18)21)16-11-25-26(12-20(22,23)24)19(27)15(16)9-13-5-3-2-4-6-13/h2-8,10-11H,9,12H2,1H3. The predicted octanol–water partition coefficient (Wildman–Crippen LogP) is 3.61. The molecule has 5 nitrogen and oxygen atoms in total. The predicted molar refractivity (Wildman–Crippen MR) is 102 cm³/mol. The average Bonchev–Trinajstić information content (AvgIpc) is 2.64. The molecule has 3 aromatic rings. The Kier molecular flexibility index (Phi) is 5.80. The van der Waals surface area contributed by atoms with Crippen molar-refractivity contribution in [2.24, 2.45) is 0 Å². The van der Waals surface area contributed by atoms with E-state index in [4.69, 9.17) is 0 Å². The second kappa shape index (κ2) is 8.02. The highest BCUT2D eigenvalue weighted by molar-refractivity contribution is 7.90. The number of nitrogens with zero attached hydrogens (tertiary/aromatic N) is 2. The number of hydrogen-bond donors (Lipinski definition) is 0. The molecule has 0 amide bonds. The molecule has 0 radical (unpaired) electrons. The molecule has 0 atom stereocenters. The van der Waals surface area contributed by atoms with Crippen molar-refractivity contribution in [2.75, 3.05) is 6.26 Å². The van der Waals surface area contributed by atoms with Crippen LogP contribution in [0, 0.1) is 5.82 Å². The van der Waals surface area contributed by atoms with Crippen LogP contribution in [0.4, 0.5) is 17.6 Å². The molecule has 1 aromatic heterocycles. The molecule has 0 fully saturated rings. The smallest absolute Gasteiger partial charge is 0.267 e. The third kappa shape index (κ3) is 4.93. The maximum absolute atomic E-state index is 14.4. The monoisotopic (exact) mass is 440 g/mol. The Labute approximate surface area is 169 Å². The lowest BCUT2D eigenvalue weighted by Crippen LogP contribution is -2.32. The summed E-state index contributed by atoms with van der Waals surface area (Å²) in [6.07, 6.45) is -2.75. The van der Waals surface area contributed by atoms with E-state index in [0.717, 1.165) is 24.6 Å². The SMILES string of the molecule is CS(=O)(=O)c1ccc(-c2cnn(CC(F)(F)F)c(=O)c2Cc2ccccc2)cc1F. The van der Waals surface area contributed by atoms with E-state index in [0.29, 0.717) is 10.2 Å². The van der Waals surface area contributed by atoms with Crippen LogP contribution in [0.1, 0.15) is 11.1 Å². The first-order chi connectivity index (χ1) is 14.0. The zero-order chi connectivity index (χ0) is 22.1. The van der Waals surface area contributed by atoms with Crippen molar-refractivity contribution in [3.63, 3.8) is 0 Å². The van der Waals surface area contributed by atoms with Gasteiger partial charge in [-0.1, -0.05) is 36.4 Å². The van der Waals surface area contributed by atoms with Crippen LogP contribution in [-0.4, -0.2) is 30.6 Å². The summed E-state index contributed by atoms with van der Waals surface area (Å²) in [6.45, 7) is -1.56. The van der Waals surface area contributed by atoms with E-state index in [-0.39, 0.29) is 23.1 Å². The summed E-state index contributed by atoms with van der Waals surface area (Å²) in [7, 11) is -3.81. The first-order valence-electron chi connectivity index (χ1n) is 8.65. The van der Waals surface area contributed by atoms with E-state index < -0.39 is 38.8 Å². The zero-order valence-electron chi connectivity index (χ0n) is 15.6. The maximum atomic E-state index is 14.4. The Hall–Kier alpha value is -3.01. The minimum absolute atomic E-state index is 0.00745. The molecule has 0 aliphatic heterocycles. The number of sulfone groups is 1. The molecule has 0 saturated heterocycles. The van der Waals surface area contributed by atoms with E-state index in [1.165, 1.54) is 6.07 Å². The molecule has 10 heteroatoms. The summed E-state index contributed by atoms with van der Waals surface area (Å²) in [5.74, 6) is -1.03. The Morgan fingerprint density at radius 2 is 1.73 bits per heavy atom. The van der Waals surface area contributed by atoms with Gasteiger partial charge in [-0.05, 0) is 23.3 Å². The number of hydrogen-bond acceptors (Lipinski definition) is 4. The van der Waals surface area contributed by atoms with Crippen LogP contribution in [0.15, 0.2) is 64.4 Å². The van der Waals surface area contributed by atoms with Crippen molar-refractivity contribution in [1.29, 1.82) is 0 Å². The van der Waals surface area contributed by atoms with Gasteiger partial charge in [0.2, 0.25) is 0 Å². The van der Waals surface area contributed by atoms with Gasteiger partial charge in [0.05, 0.1) is 6.20 Å². The van der Waals surface area contributed by atoms with E-state index in [9.17, 15) is 30.8 Å². The third-order valence-corrected chi connectivity index (χ3v) is 5.47. The van der Waals surface area contributed by atoms with Crippen molar-refractivity contribution in [3.8, 4) is 11.1 Å². The highest BCUT2D eigenvalue weighted by atomic mass is 32.2. The van der Waals surface area contributed by atoms with E-state index >= 15 is 0 Å². The second-order valence-electron chi connectivity index (χ2n) is 6.69. The van der Waals surface area contributed by atoms with Crippen LogP contribution in [-0.2, 0) is 22.8 Å². The normalized spacial score (nSPS) is 12.2. The molecule has 3 rings (SSSR count). The highest BCUT2D eigenvalue weighted by Gasteiger charge is 2.30. The van der Waals surface area contributed by atoms with Gasteiger partial charge in [-0.25, -0.2) is 17.5 Å². The van der Waals surface area contributed by atoms with Crippen molar-refractivity contribution < 1.29 is 26.0 Å². The molecule has 0 saturated carbocycles. The molecule has 0 N–H and O–H groups in total. The van der Waals surface area contributed by atoms with E-state index in [2.05, 4.69) is 5.10 Å². The fourth-order valence-corrected chi connectivity index (χ4v) is 3.73. The van der Waals surface area contributed by atoms with Crippen molar-refractivity contribution in [1.82, 2.24) is 9.78 Å². The van der Waals surface area contributed by atoms with Gasteiger partial charge in [-0.2, -0.15) is 18.3 Å². The Morgan fingerprint density at radius 3 is 2.30 bits per heavy atom. The topological polar surface area (TPSA) is 69.0 Å². The van der Waals surface area contributed by atoms with Gasteiger partial charge >= 0.3 is 6.18 Å². The van der Waals surface area contributed by atoms with Crippen LogP contribution in [0.2, 0.25) is 0 Å². The quantitative estimate of drug-likeness (QED) is 0.569. The lowest BCUT2D eigenvalue weighted by molar-refractivity contribution is -0.143. The molecule has 0 spiro atoms. The number of rotatable bonds is 5. The van der Waals surface area contributed by atoms with E-state index in [1.807, 2.05) is 0 Å². The van der Waals surface area contributed by atoms with Crippen LogP contribution in [0.25, 0.3) is 11.1 Å². The lowest BCUT2D eigenvalue weighted by Gasteiger charge is -2.14. The van der Waals surface area contributed by atoms with Crippen molar-refractivity contribution >= 4 is 9.84 Å². The maximum Gasteiger partial charge on any atom is 0.408 e. The molecule has 1 heterocycles. The van der Waals surface area contributed by atoms with Gasteiger partial charge < -0.3 is 0 Å². The Bertz CT molecular complexity index is 1240. The lowest BCUT2D eigenvalue weighted by atomic mass is 9.97. The summed E-state index contributed by atoms with van der Waals surface area (Å²) in [4.78, 5) is 12.2. The minimum atomic E-state index is -4.65. The molecule has 30 heavy (non-hydrogen) atoms. The number of halogens is 4. The zero-order valence-corrected chi connectivity index (χ0v) is 16.5. The molecule has 158 valence electrons. The Morgan fingerprint density at radius 1 is 1.07 bits per heavy atom. The van der Waals surface area contributed by atoms with Crippen molar-refractivity contribution in [3.05, 3.63) is 82.0 Å². The van der Waals surface area contributed by atoms with Crippen LogP contribution >= 0.6 is 0 Å². The van der Waals surface area contributed by atoms with Crippen LogP contribution in [0.3, 0.4) is 0 Å². The molecule has 0 bridgehead atoms. The van der Waals surface area contributed by atoms with Gasteiger partial charge in [0, 0.05) is 23.8 Å². The Balaban J connectivity index is 2.17. The van der Waals surface area contributed by atoms with Crippen LogP contribution < -0.4 is 5.56 Å². The third-order valence-electron chi connectivity index (χ3n) is 4.34. The fourth-order valence-electron chi connectivity index (χ4n) is 3.00. The minimum Gasteiger partial charge on any atom is -0.267 e. The summed E-state index contributed by atoms with van der Waals surface area (Å²) in [5.41, 5.74) is -0.0436. The highest BCUT2D eigenvalue weighted by Crippen LogP contribution is 2.27. The second-order valence-corrected chi connectivity index (χ2v) is 8.68. The average molecular weight is 440 g/mol. The molecule has 0 unspecified atom stereocenters. The van der Waals surface area contributed by atoms with Gasteiger partial charge in [0.1, 0.15) is 17.3 Å². The van der Waals surface area contributed by atoms with Gasteiger partial charge in [-0.15, -0.1) is 0 Å². The van der Waals surface area contributed by atoms with Crippen LogP contribution in [0.5, 0.6) is 0 Å². The van der Waals surface area contributed by atoms with Gasteiger partial charge in [0.25, 0.3) is 5.56 Å². The summed E-state index contributed by atoms with van der Waals surface area (Å²) >= 11 is 0. The largest absolute Gasteiger partial charge is 0.408 e. The first kappa shape index (κ1) is 21.7. The molecule has 2 aromatic carbocycles. The molecular formula is C20H16F4N2O3S. The molecule has 0 aliphatic carbocycles. The fraction of sp³-hybridized carbons (Fsp3) is 0.200. The number of alkyl halides is 3. The molecular weight excluding hydrogens is 424 g/mol. The molecule has 0 aliphatic rings. The summed E-state index contributed by atoms with van der Waals surface area (Å²) in [6, 6.07) is 11.8. The van der Waals surface area contributed by atoms with Crippen molar-refractivity contribution in [2.45, 2.75) is 24.0 Å². The van der Waals surface area contributed by atoms with E-state index in [1.54, 1.807) is 30.3 Å². The van der Waals surface area contributed by atoms with Gasteiger partial charge in [-0.3, -0.25) is 4.79 Å². The number of benzene rings is 2. The number of aromatic nitrogens is 2. The van der Waals surface area contributed by atoms with Gasteiger partial charge in [0.15, 0.2) is 9.84 Å². The summed E-state index contributed by atoms with van der Waals surface area (Å²) in [5, 5.41) is 3.59. The first-order valence-corrected chi connectivity index (χ1v) is 10.5.